The maximum Gasteiger partial charge on any atom is 0.329 e. The molecule has 0 bridgehead atoms. The summed E-state index contributed by atoms with van der Waals surface area (Å²) in [6, 6.07) is -0.268. The maximum absolute atomic E-state index is 12.0. The quantitative estimate of drug-likeness (QED) is 0.716. The van der Waals surface area contributed by atoms with Crippen molar-refractivity contribution in [3.8, 4) is 0 Å². The third kappa shape index (κ3) is 3.62. The van der Waals surface area contributed by atoms with Crippen molar-refractivity contribution in [2.24, 2.45) is 0 Å². The first-order valence-electron chi connectivity index (χ1n) is 6.78. The van der Waals surface area contributed by atoms with Crippen LogP contribution in [0.15, 0.2) is 0 Å². The molecule has 0 spiro atoms. The highest BCUT2D eigenvalue weighted by atomic mass is 16.4. The Kier molecular flexibility index (Phi) is 5.44. The normalized spacial score (nSPS) is 17.4. The predicted octanol–water partition coefficient (Wildman–Crippen LogP) is 2.22. The van der Waals surface area contributed by atoms with Gasteiger partial charge in [-0.1, -0.05) is 32.6 Å². The predicted molar refractivity (Wildman–Crippen MR) is 69.5 cm³/mol. The van der Waals surface area contributed by atoms with Crippen molar-refractivity contribution in [3.63, 3.8) is 0 Å². The lowest BCUT2D eigenvalue weighted by Gasteiger charge is -2.28. The zero-order chi connectivity index (χ0) is 13.6. The third-order valence-electron chi connectivity index (χ3n) is 3.66. The molecule has 0 aliphatic heterocycles. The Morgan fingerprint density at radius 3 is 2.39 bits per heavy atom. The summed E-state index contributed by atoms with van der Waals surface area (Å²) in [5.74, 6) is -0.907. The number of rotatable bonds is 6. The number of hydrogen-bond acceptors (Lipinski definition) is 2. The van der Waals surface area contributed by atoms with Crippen LogP contribution in [0.3, 0.4) is 0 Å². The molecular weight excluding hydrogens is 232 g/mol. The number of hydrogen-bond donors (Lipinski definition) is 2. The van der Waals surface area contributed by atoms with Crippen LogP contribution in [0.5, 0.6) is 0 Å². The Labute approximate surface area is 109 Å². The Bertz CT molecular complexity index is 299. The molecule has 1 aliphatic carbocycles. The van der Waals surface area contributed by atoms with E-state index in [2.05, 4.69) is 12.2 Å². The average Bonchev–Trinajstić information content (AvgIpc) is 2.79. The minimum atomic E-state index is -1.03. The summed E-state index contributed by atoms with van der Waals surface area (Å²) in [5.41, 5.74) is -1.03. The van der Waals surface area contributed by atoms with Gasteiger partial charge in [0, 0.05) is 13.6 Å². The molecule has 5 heteroatoms. The molecule has 2 N–H and O–H groups in total. The molecule has 104 valence electrons. The molecule has 0 aromatic rings. The highest BCUT2D eigenvalue weighted by Gasteiger charge is 2.43. The molecule has 0 heterocycles. The van der Waals surface area contributed by atoms with Gasteiger partial charge in [0.25, 0.3) is 0 Å². The van der Waals surface area contributed by atoms with Crippen LogP contribution in [0.2, 0.25) is 0 Å². The van der Waals surface area contributed by atoms with Crippen LogP contribution in [0, 0.1) is 0 Å². The number of urea groups is 1. The van der Waals surface area contributed by atoms with E-state index < -0.39 is 11.5 Å². The van der Waals surface area contributed by atoms with Gasteiger partial charge in [-0.3, -0.25) is 0 Å². The zero-order valence-corrected chi connectivity index (χ0v) is 11.4. The number of aliphatic carboxylic acids is 1. The second-order valence-electron chi connectivity index (χ2n) is 5.15. The van der Waals surface area contributed by atoms with Gasteiger partial charge in [0.1, 0.15) is 5.54 Å². The first-order chi connectivity index (χ1) is 8.52. The first kappa shape index (κ1) is 14.8. The average molecular weight is 256 g/mol. The molecule has 1 fully saturated rings. The molecule has 1 rings (SSSR count). The summed E-state index contributed by atoms with van der Waals surface area (Å²) in [5, 5.41) is 12.0. The van der Waals surface area contributed by atoms with Gasteiger partial charge >= 0.3 is 12.0 Å². The van der Waals surface area contributed by atoms with E-state index >= 15 is 0 Å². The van der Waals surface area contributed by atoms with Crippen molar-refractivity contribution < 1.29 is 14.7 Å². The topological polar surface area (TPSA) is 69.6 Å². The van der Waals surface area contributed by atoms with E-state index in [9.17, 15) is 14.7 Å². The number of carboxylic acids is 1. The molecule has 0 aromatic carbocycles. The molecule has 0 radical (unpaired) electrons. The number of nitrogens with zero attached hydrogens (tertiary/aromatic N) is 1. The van der Waals surface area contributed by atoms with Gasteiger partial charge in [0.15, 0.2) is 0 Å². The Morgan fingerprint density at radius 2 is 1.89 bits per heavy atom. The number of carbonyl (C=O) groups excluding carboxylic acids is 1. The van der Waals surface area contributed by atoms with E-state index in [-0.39, 0.29) is 6.03 Å². The number of unbranched alkanes of at least 4 members (excludes halogenated alkanes) is 2. The Morgan fingerprint density at radius 1 is 1.28 bits per heavy atom. The summed E-state index contributed by atoms with van der Waals surface area (Å²) in [6.45, 7) is 2.79. The minimum Gasteiger partial charge on any atom is -0.480 e. The zero-order valence-electron chi connectivity index (χ0n) is 11.4. The van der Waals surface area contributed by atoms with Crippen LogP contribution in [0.4, 0.5) is 4.79 Å². The third-order valence-corrected chi connectivity index (χ3v) is 3.66. The maximum atomic E-state index is 12.0. The summed E-state index contributed by atoms with van der Waals surface area (Å²) in [6.07, 6.45) is 5.96. The summed E-state index contributed by atoms with van der Waals surface area (Å²) in [7, 11) is 1.72. The molecule has 18 heavy (non-hydrogen) atoms. The molecule has 5 nitrogen and oxygen atoms in total. The van der Waals surface area contributed by atoms with Crippen molar-refractivity contribution in [2.75, 3.05) is 13.6 Å². The summed E-state index contributed by atoms with van der Waals surface area (Å²) >= 11 is 0. The van der Waals surface area contributed by atoms with E-state index in [1.807, 2.05) is 0 Å². The fourth-order valence-corrected chi connectivity index (χ4v) is 2.37. The monoisotopic (exact) mass is 256 g/mol. The van der Waals surface area contributed by atoms with Crippen molar-refractivity contribution in [1.29, 1.82) is 0 Å². The molecule has 1 saturated carbocycles. The number of carboxylic acid groups (broad SMARTS) is 1. The Hall–Kier alpha value is -1.26. The second kappa shape index (κ2) is 6.61. The second-order valence-corrected chi connectivity index (χ2v) is 5.15. The largest absolute Gasteiger partial charge is 0.480 e. The van der Waals surface area contributed by atoms with Crippen LogP contribution in [-0.2, 0) is 4.79 Å². The van der Waals surface area contributed by atoms with Crippen LogP contribution in [-0.4, -0.2) is 41.1 Å². The molecule has 0 saturated heterocycles. The standard InChI is InChI=1S/C13H24N2O3/c1-3-4-7-10-15(2)12(18)14-13(11(16)17)8-5-6-9-13/h3-10H2,1-2H3,(H,14,18)(H,16,17). The lowest BCUT2D eigenvalue weighted by molar-refractivity contribution is -0.144. The fraction of sp³-hybridized carbons (Fsp3) is 0.846. The van der Waals surface area contributed by atoms with Crippen molar-refractivity contribution in [1.82, 2.24) is 10.2 Å². The SMILES string of the molecule is CCCCCN(C)C(=O)NC1(C(=O)O)CCCC1. The molecule has 0 aromatic heterocycles. The van der Waals surface area contributed by atoms with Crippen LogP contribution in [0.25, 0.3) is 0 Å². The van der Waals surface area contributed by atoms with Crippen LogP contribution < -0.4 is 5.32 Å². The van der Waals surface area contributed by atoms with E-state index in [1.165, 1.54) is 0 Å². The molecule has 0 atom stereocenters. The molecular formula is C13H24N2O3. The van der Waals surface area contributed by atoms with Crippen LogP contribution >= 0.6 is 0 Å². The lowest BCUT2D eigenvalue weighted by Crippen LogP contribution is -2.55. The van der Waals surface area contributed by atoms with Gasteiger partial charge in [0.2, 0.25) is 0 Å². The first-order valence-corrected chi connectivity index (χ1v) is 6.78. The van der Waals surface area contributed by atoms with E-state index in [0.717, 1.165) is 32.1 Å². The van der Waals surface area contributed by atoms with Gasteiger partial charge in [-0.2, -0.15) is 0 Å². The number of nitrogens with one attached hydrogen (secondary N) is 1. The lowest BCUT2D eigenvalue weighted by atomic mass is 9.98. The van der Waals surface area contributed by atoms with E-state index in [0.29, 0.717) is 19.4 Å². The van der Waals surface area contributed by atoms with Gasteiger partial charge in [0.05, 0.1) is 0 Å². The molecule has 0 unspecified atom stereocenters. The van der Waals surface area contributed by atoms with Gasteiger partial charge in [-0.25, -0.2) is 9.59 Å². The molecule has 2 amide bonds. The van der Waals surface area contributed by atoms with E-state index in [1.54, 1.807) is 11.9 Å². The number of amides is 2. The van der Waals surface area contributed by atoms with Crippen LogP contribution in [0.1, 0.15) is 51.9 Å². The van der Waals surface area contributed by atoms with Crippen molar-refractivity contribution >= 4 is 12.0 Å². The van der Waals surface area contributed by atoms with Crippen molar-refractivity contribution in [2.45, 2.75) is 57.4 Å². The van der Waals surface area contributed by atoms with E-state index in [4.69, 9.17) is 0 Å². The highest BCUT2D eigenvalue weighted by Crippen LogP contribution is 2.30. The summed E-state index contributed by atoms with van der Waals surface area (Å²) in [4.78, 5) is 24.8. The van der Waals surface area contributed by atoms with Gasteiger partial charge < -0.3 is 15.3 Å². The number of carbonyl (C=O) groups is 2. The van der Waals surface area contributed by atoms with Gasteiger partial charge in [-0.05, 0) is 19.3 Å². The summed E-state index contributed by atoms with van der Waals surface area (Å²) < 4.78 is 0. The minimum absolute atomic E-state index is 0.268. The smallest absolute Gasteiger partial charge is 0.329 e. The Balaban J connectivity index is 2.49. The van der Waals surface area contributed by atoms with Crippen molar-refractivity contribution in [3.05, 3.63) is 0 Å². The highest BCUT2D eigenvalue weighted by molar-refractivity contribution is 5.86. The molecule has 1 aliphatic rings. The van der Waals surface area contributed by atoms with Gasteiger partial charge in [-0.15, -0.1) is 0 Å². The fourth-order valence-electron chi connectivity index (χ4n) is 2.37.